The van der Waals surface area contributed by atoms with Gasteiger partial charge >= 0.3 is 0 Å². The van der Waals surface area contributed by atoms with Gasteiger partial charge in [0.05, 0.1) is 24.6 Å². The van der Waals surface area contributed by atoms with Crippen LogP contribution < -0.4 is 5.73 Å². The number of rotatable bonds is 4. The van der Waals surface area contributed by atoms with Crippen LogP contribution in [0, 0.1) is 18.3 Å². The Morgan fingerprint density at radius 2 is 2.11 bits per heavy atom. The van der Waals surface area contributed by atoms with E-state index in [1.165, 1.54) is 0 Å². The number of carbonyl (C=O) groups excluding carboxylic acids is 1. The van der Waals surface area contributed by atoms with Gasteiger partial charge in [-0.2, -0.15) is 10.4 Å². The van der Waals surface area contributed by atoms with Crippen molar-refractivity contribution in [1.82, 2.24) is 9.78 Å². The highest BCUT2D eigenvalue weighted by Gasteiger charge is 2.15. The molecule has 0 saturated heterocycles. The molecule has 2 N–H and O–H groups in total. The van der Waals surface area contributed by atoms with Crippen molar-refractivity contribution in [1.29, 1.82) is 5.26 Å². The van der Waals surface area contributed by atoms with Crippen LogP contribution in [0.15, 0.2) is 30.5 Å². The number of benzene rings is 1. The first-order chi connectivity index (χ1) is 9.11. The zero-order valence-electron chi connectivity index (χ0n) is 10.6. The Bertz CT molecular complexity index is 634. The van der Waals surface area contributed by atoms with Gasteiger partial charge in [0.25, 0.3) is 5.91 Å². The molecule has 19 heavy (non-hydrogen) atoms. The molecule has 1 heterocycles. The van der Waals surface area contributed by atoms with Crippen LogP contribution in [-0.2, 0) is 6.54 Å². The molecule has 0 bridgehead atoms. The fourth-order valence-corrected chi connectivity index (χ4v) is 1.81. The van der Waals surface area contributed by atoms with Crippen molar-refractivity contribution in [2.45, 2.75) is 19.9 Å². The first kappa shape index (κ1) is 12.8. The summed E-state index contributed by atoms with van der Waals surface area (Å²) in [5.41, 5.74) is 8.28. The maximum absolute atomic E-state index is 11.5. The van der Waals surface area contributed by atoms with Crippen molar-refractivity contribution < 1.29 is 4.79 Å². The molecule has 0 aliphatic rings. The minimum absolute atomic E-state index is 0.340. The summed E-state index contributed by atoms with van der Waals surface area (Å²) in [5, 5.41) is 12.9. The Kier molecular flexibility index (Phi) is 3.62. The second-order valence-corrected chi connectivity index (χ2v) is 4.29. The smallest absolute Gasteiger partial charge is 0.252 e. The first-order valence-electron chi connectivity index (χ1n) is 5.93. The predicted octanol–water partition coefficient (Wildman–Crippen LogP) is 1.87. The Labute approximate surface area is 111 Å². The summed E-state index contributed by atoms with van der Waals surface area (Å²) in [6.07, 6.45) is 1.93. The van der Waals surface area contributed by atoms with Crippen LogP contribution in [0.2, 0.25) is 0 Å². The number of aryl methyl sites for hydroxylation is 2. The van der Waals surface area contributed by atoms with Crippen LogP contribution in [0.5, 0.6) is 0 Å². The van der Waals surface area contributed by atoms with E-state index < -0.39 is 5.91 Å². The molecule has 0 aliphatic heterocycles. The number of nitrogens with zero attached hydrogens (tertiary/aromatic N) is 3. The lowest BCUT2D eigenvalue weighted by atomic mass is 10.1. The monoisotopic (exact) mass is 254 g/mol. The van der Waals surface area contributed by atoms with Crippen molar-refractivity contribution >= 4 is 5.91 Å². The molecule has 2 rings (SSSR count). The average molecular weight is 254 g/mol. The SMILES string of the molecule is Cc1ccc(-c2nn(CCC#N)cc2C(N)=O)cc1. The van der Waals surface area contributed by atoms with Crippen LogP contribution in [0.25, 0.3) is 11.3 Å². The zero-order chi connectivity index (χ0) is 13.8. The molecule has 0 radical (unpaired) electrons. The predicted molar refractivity (Wildman–Crippen MR) is 71.1 cm³/mol. The molecular formula is C14H14N4O. The second-order valence-electron chi connectivity index (χ2n) is 4.29. The van der Waals surface area contributed by atoms with Crippen LogP contribution in [0.1, 0.15) is 22.3 Å². The number of aromatic nitrogens is 2. The number of primary amides is 1. The van der Waals surface area contributed by atoms with Gasteiger partial charge in [-0.05, 0) is 6.92 Å². The number of carbonyl (C=O) groups is 1. The van der Waals surface area contributed by atoms with E-state index in [9.17, 15) is 4.79 Å². The summed E-state index contributed by atoms with van der Waals surface area (Å²) >= 11 is 0. The summed E-state index contributed by atoms with van der Waals surface area (Å²) in [7, 11) is 0. The second kappa shape index (κ2) is 5.36. The van der Waals surface area contributed by atoms with Crippen molar-refractivity contribution in [3.05, 3.63) is 41.6 Å². The quantitative estimate of drug-likeness (QED) is 0.903. The Morgan fingerprint density at radius 3 is 2.68 bits per heavy atom. The molecule has 0 spiro atoms. The minimum Gasteiger partial charge on any atom is -0.365 e. The van der Waals surface area contributed by atoms with E-state index in [1.54, 1.807) is 10.9 Å². The van der Waals surface area contributed by atoms with Gasteiger partial charge in [0.1, 0.15) is 5.69 Å². The Balaban J connectivity index is 2.43. The average Bonchev–Trinajstić information content (AvgIpc) is 2.81. The minimum atomic E-state index is -0.515. The zero-order valence-corrected chi connectivity index (χ0v) is 10.6. The number of nitrogens with two attached hydrogens (primary N) is 1. The molecule has 0 fully saturated rings. The van der Waals surface area contributed by atoms with Gasteiger partial charge in [-0.25, -0.2) is 0 Å². The van der Waals surface area contributed by atoms with Crippen molar-refractivity contribution in [2.75, 3.05) is 0 Å². The van der Waals surface area contributed by atoms with Gasteiger partial charge in [0, 0.05) is 11.8 Å². The number of nitriles is 1. The summed E-state index contributed by atoms with van der Waals surface area (Å²) in [6, 6.07) is 9.75. The third kappa shape index (κ3) is 2.80. The highest BCUT2D eigenvalue weighted by Crippen LogP contribution is 2.22. The maximum atomic E-state index is 11.5. The van der Waals surface area contributed by atoms with Crippen LogP contribution >= 0.6 is 0 Å². The van der Waals surface area contributed by atoms with Gasteiger partial charge in [0.2, 0.25) is 0 Å². The summed E-state index contributed by atoms with van der Waals surface area (Å²) < 4.78 is 1.58. The normalized spacial score (nSPS) is 10.1. The fourth-order valence-electron chi connectivity index (χ4n) is 1.81. The molecule has 1 aromatic carbocycles. The lowest BCUT2D eigenvalue weighted by Gasteiger charge is -2.00. The van der Waals surface area contributed by atoms with Crippen LogP contribution in [0.3, 0.4) is 0 Å². The van der Waals surface area contributed by atoms with E-state index in [0.29, 0.717) is 24.2 Å². The molecule has 0 saturated carbocycles. The molecule has 0 atom stereocenters. The highest BCUT2D eigenvalue weighted by molar-refractivity contribution is 5.98. The van der Waals surface area contributed by atoms with E-state index in [2.05, 4.69) is 5.10 Å². The molecule has 1 aromatic heterocycles. The van der Waals surface area contributed by atoms with Gasteiger partial charge in [-0.1, -0.05) is 29.8 Å². The van der Waals surface area contributed by atoms with Gasteiger partial charge < -0.3 is 5.73 Å². The first-order valence-corrected chi connectivity index (χ1v) is 5.93. The van der Waals surface area contributed by atoms with E-state index in [4.69, 9.17) is 11.0 Å². The Hall–Kier alpha value is -2.61. The third-order valence-electron chi connectivity index (χ3n) is 2.80. The fraction of sp³-hybridized carbons (Fsp3) is 0.214. The van der Waals surface area contributed by atoms with Crippen LogP contribution in [0.4, 0.5) is 0 Å². The van der Waals surface area contributed by atoms with Gasteiger partial charge in [-0.3, -0.25) is 9.48 Å². The lowest BCUT2D eigenvalue weighted by molar-refractivity contribution is 0.100. The molecule has 1 amide bonds. The van der Waals surface area contributed by atoms with Crippen LogP contribution in [-0.4, -0.2) is 15.7 Å². The lowest BCUT2D eigenvalue weighted by Crippen LogP contribution is -2.11. The molecule has 96 valence electrons. The molecule has 2 aromatic rings. The summed E-state index contributed by atoms with van der Waals surface area (Å²) in [6.45, 7) is 2.44. The van der Waals surface area contributed by atoms with E-state index in [1.807, 2.05) is 37.3 Å². The molecule has 0 aliphatic carbocycles. The Morgan fingerprint density at radius 1 is 1.42 bits per heavy atom. The van der Waals surface area contributed by atoms with Crippen molar-refractivity contribution in [3.8, 4) is 17.3 Å². The number of hydrogen-bond donors (Lipinski definition) is 1. The van der Waals surface area contributed by atoms with Crippen molar-refractivity contribution in [3.63, 3.8) is 0 Å². The summed E-state index contributed by atoms with van der Waals surface area (Å²) in [4.78, 5) is 11.5. The molecule has 5 nitrogen and oxygen atoms in total. The largest absolute Gasteiger partial charge is 0.365 e. The van der Waals surface area contributed by atoms with E-state index >= 15 is 0 Å². The molecular weight excluding hydrogens is 240 g/mol. The molecule has 0 unspecified atom stereocenters. The number of hydrogen-bond acceptors (Lipinski definition) is 3. The van der Waals surface area contributed by atoms with Gasteiger partial charge in [0.15, 0.2) is 0 Å². The molecule has 5 heteroatoms. The maximum Gasteiger partial charge on any atom is 0.252 e. The summed E-state index contributed by atoms with van der Waals surface area (Å²) in [5.74, 6) is -0.515. The standard InChI is InChI=1S/C14H14N4O/c1-10-3-5-11(6-4-10)13-12(14(16)19)9-18(17-13)8-2-7-15/h3-6,9H,2,8H2,1H3,(H2,16,19). The highest BCUT2D eigenvalue weighted by atomic mass is 16.1. The van der Waals surface area contributed by atoms with E-state index in [-0.39, 0.29) is 0 Å². The van der Waals surface area contributed by atoms with E-state index in [0.717, 1.165) is 11.1 Å². The number of amides is 1. The topological polar surface area (TPSA) is 84.7 Å². The van der Waals surface area contributed by atoms with Gasteiger partial charge in [-0.15, -0.1) is 0 Å². The van der Waals surface area contributed by atoms with Crippen molar-refractivity contribution in [2.24, 2.45) is 5.73 Å². The third-order valence-corrected chi connectivity index (χ3v) is 2.80.